The Bertz CT molecular complexity index is 697. The van der Waals surface area contributed by atoms with Crippen LogP contribution in [0.2, 0.25) is 0 Å². The second-order valence-electron chi connectivity index (χ2n) is 5.34. The minimum atomic E-state index is -0.396. The van der Waals surface area contributed by atoms with E-state index in [9.17, 15) is 9.59 Å². The highest BCUT2D eigenvalue weighted by molar-refractivity contribution is 5.99. The van der Waals surface area contributed by atoms with Crippen molar-refractivity contribution in [2.45, 2.75) is 6.42 Å². The van der Waals surface area contributed by atoms with Crippen LogP contribution >= 0.6 is 0 Å². The maximum atomic E-state index is 12.1. The number of amides is 1. The van der Waals surface area contributed by atoms with Gasteiger partial charge in [-0.1, -0.05) is 18.2 Å². The third kappa shape index (κ3) is 3.34. The van der Waals surface area contributed by atoms with Gasteiger partial charge in [0, 0.05) is 18.7 Å². The molecule has 0 N–H and O–H groups in total. The molecular weight excluding hydrogens is 294 g/mol. The Morgan fingerprint density at radius 1 is 1.04 bits per heavy atom. The number of nitrogens with zero attached hydrogens (tertiary/aromatic N) is 1. The van der Waals surface area contributed by atoms with Crippen LogP contribution in [-0.4, -0.2) is 25.5 Å². The first kappa shape index (κ1) is 15.1. The van der Waals surface area contributed by atoms with Gasteiger partial charge in [0.15, 0.2) is 0 Å². The number of carbonyl (C=O) groups excluding carboxylic acids is 2. The van der Waals surface area contributed by atoms with Gasteiger partial charge < -0.3 is 14.4 Å². The van der Waals surface area contributed by atoms with Gasteiger partial charge >= 0.3 is 5.97 Å². The molecule has 0 bridgehead atoms. The normalized spacial score (nSPS) is 17.2. The van der Waals surface area contributed by atoms with Crippen molar-refractivity contribution in [3.05, 3.63) is 54.6 Å². The van der Waals surface area contributed by atoms with Gasteiger partial charge in [-0.25, -0.2) is 0 Å². The van der Waals surface area contributed by atoms with Crippen LogP contribution in [0.15, 0.2) is 54.6 Å². The van der Waals surface area contributed by atoms with E-state index in [1.54, 1.807) is 17.0 Å². The van der Waals surface area contributed by atoms with Crippen LogP contribution in [0.1, 0.15) is 6.42 Å². The topological polar surface area (TPSA) is 55.8 Å². The van der Waals surface area contributed by atoms with E-state index >= 15 is 0 Å². The van der Waals surface area contributed by atoms with Crippen molar-refractivity contribution >= 4 is 17.6 Å². The molecule has 1 fully saturated rings. The van der Waals surface area contributed by atoms with Gasteiger partial charge in [0.2, 0.25) is 5.91 Å². The lowest BCUT2D eigenvalue weighted by Gasteiger charge is -2.17. The number of hydrogen-bond acceptors (Lipinski definition) is 4. The fourth-order valence-electron chi connectivity index (χ4n) is 2.60. The van der Waals surface area contributed by atoms with Gasteiger partial charge in [0.25, 0.3) is 0 Å². The van der Waals surface area contributed by atoms with Crippen molar-refractivity contribution in [2.75, 3.05) is 18.6 Å². The predicted molar refractivity (Wildman–Crippen MR) is 85.4 cm³/mol. The van der Waals surface area contributed by atoms with E-state index in [-0.39, 0.29) is 18.3 Å². The highest BCUT2D eigenvalue weighted by Crippen LogP contribution is 2.28. The lowest BCUT2D eigenvalue weighted by Crippen LogP contribution is -2.26. The number of ether oxygens (including phenoxy) is 2. The number of para-hydroxylation sites is 1. The smallest absolute Gasteiger partial charge is 0.311 e. The summed E-state index contributed by atoms with van der Waals surface area (Å²) in [4.78, 5) is 25.2. The van der Waals surface area contributed by atoms with E-state index < -0.39 is 5.92 Å². The van der Waals surface area contributed by atoms with E-state index in [1.165, 1.54) is 7.11 Å². The molecule has 1 aliphatic rings. The average Bonchev–Trinajstić information content (AvgIpc) is 2.98. The van der Waals surface area contributed by atoms with E-state index in [0.717, 1.165) is 11.4 Å². The van der Waals surface area contributed by atoms with Crippen LogP contribution in [0.4, 0.5) is 5.69 Å². The van der Waals surface area contributed by atoms with Crippen molar-refractivity contribution in [1.29, 1.82) is 0 Å². The summed E-state index contributed by atoms with van der Waals surface area (Å²) in [5.74, 6) is 0.633. The summed E-state index contributed by atoms with van der Waals surface area (Å²) in [5.41, 5.74) is 0.752. The third-order valence-corrected chi connectivity index (χ3v) is 3.79. The fraction of sp³-hybridized carbons (Fsp3) is 0.222. The first-order valence-electron chi connectivity index (χ1n) is 7.38. The van der Waals surface area contributed by atoms with Crippen LogP contribution in [0.3, 0.4) is 0 Å². The Morgan fingerprint density at radius 2 is 1.70 bits per heavy atom. The first-order chi connectivity index (χ1) is 11.2. The summed E-state index contributed by atoms with van der Waals surface area (Å²) in [5, 5.41) is 0. The van der Waals surface area contributed by atoms with Crippen LogP contribution in [0, 0.1) is 5.92 Å². The number of hydrogen-bond donors (Lipinski definition) is 0. The highest BCUT2D eigenvalue weighted by atomic mass is 16.5. The van der Waals surface area contributed by atoms with Gasteiger partial charge in [0.1, 0.15) is 11.5 Å². The van der Waals surface area contributed by atoms with E-state index in [4.69, 9.17) is 9.47 Å². The zero-order valence-electron chi connectivity index (χ0n) is 12.8. The van der Waals surface area contributed by atoms with Gasteiger partial charge in [0.05, 0.1) is 13.0 Å². The molecule has 1 amide bonds. The van der Waals surface area contributed by atoms with Crippen molar-refractivity contribution in [2.24, 2.45) is 5.92 Å². The molecule has 0 saturated carbocycles. The lowest BCUT2D eigenvalue weighted by atomic mass is 10.1. The maximum absolute atomic E-state index is 12.1. The molecule has 0 aromatic heterocycles. The van der Waals surface area contributed by atoms with E-state index in [0.29, 0.717) is 12.3 Å². The third-order valence-electron chi connectivity index (χ3n) is 3.79. The molecule has 5 heteroatoms. The fourth-order valence-corrected chi connectivity index (χ4v) is 2.60. The maximum Gasteiger partial charge on any atom is 0.311 e. The summed E-state index contributed by atoms with van der Waals surface area (Å²) in [6.45, 7) is 0.352. The van der Waals surface area contributed by atoms with E-state index in [2.05, 4.69) is 0 Å². The molecular formula is C18H17NO4. The number of esters is 1. The molecule has 1 heterocycles. The minimum Gasteiger partial charge on any atom is -0.469 e. The lowest BCUT2D eigenvalue weighted by molar-refractivity contribution is -0.145. The molecule has 3 rings (SSSR count). The quantitative estimate of drug-likeness (QED) is 0.815. The van der Waals surface area contributed by atoms with E-state index in [1.807, 2.05) is 42.5 Å². The monoisotopic (exact) mass is 311 g/mol. The summed E-state index contributed by atoms with van der Waals surface area (Å²) in [7, 11) is 1.34. The molecule has 2 aromatic rings. The van der Waals surface area contributed by atoms with Gasteiger partial charge in [-0.2, -0.15) is 0 Å². The summed E-state index contributed by atoms with van der Waals surface area (Å²) in [6, 6.07) is 16.7. The molecule has 0 radical (unpaired) electrons. The predicted octanol–water partition coefficient (Wildman–Crippen LogP) is 3.00. The number of rotatable bonds is 4. The molecule has 118 valence electrons. The van der Waals surface area contributed by atoms with Crippen molar-refractivity contribution in [3.8, 4) is 11.5 Å². The molecule has 1 atom stereocenters. The number of carbonyl (C=O) groups is 2. The number of anilines is 1. The Hall–Kier alpha value is -2.82. The van der Waals surface area contributed by atoms with Crippen molar-refractivity contribution in [1.82, 2.24) is 0 Å². The zero-order valence-corrected chi connectivity index (χ0v) is 12.8. The molecule has 1 saturated heterocycles. The van der Waals surface area contributed by atoms with Gasteiger partial charge in [-0.3, -0.25) is 9.59 Å². The Morgan fingerprint density at radius 3 is 2.35 bits per heavy atom. The van der Waals surface area contributed by atoms with Crippen LogP contribution in [0.5, 0.6) is 11.5 Å². The second-order valence-corrected chi connectivity index (χ2v) is 5.34. The number of methoxy groups -OCH3 is 1. The van der Waals surface area contributed by atoms with Crippen LogP contribution in [-0.2, 0) is 14.3 Å². The summed E-state index contributed by atoms with van der Waals surface area (Å²) < 4.78 is 10.4. The van der Waals surface area contributed by atoms with Gasteiger partial charge in [-0.05, 0) is 36.4 Å². The average molecular weight is 311 g/mol. The Kier molecular flexibility index (Phi) is 4.28. The Balaban J connectivity index is 1.70. The molecule has 2 aromatic carbocycles. The van der Waals surface area contributed by atoms with Crippen LogP contribution < -0.4 is 9.64 Å². The Labute approximate surface area is 134 Å². The standard InChI is InChI=1S/C18H17NO4/c1-22-18(21)13-11-17(20)19(12-13)14-7-9-16(10-8-14)23-15-5-3-2-4-6-15/h2-10,13H,11-12H2,1H3/t13-/m1/s1. The molecule has 1 aliphatic heterocycles. The van der Waals surface area contributed by atoms with Gasteiger partial charge in [-0.15, -0.1) is 0 Å². The largest absolute Gasteiger partial charge is 0.469 e. The summed E-state index contributed by atoms with van der Waals surface area (Å²) in [6.07, 6.45) is 0.189. The van der Waals surface area contributed by atoms with Crippen LogP contribution in [0.25, 0.3) is 0 Å². The SMILES string of the molecule is COC(=O)[C@@H]1CC(=O)N(c2ccc(Oc3ccccc3)cc2)C1. The first-order valence-corrected chi connectivity index (χ1v) is 7.38. The summed E-state index contributed by atoms with van der Waals surface area (Å²) >= 11 is 0. The molecule has 0 spiro atoms. The molecule has 23 heavy (non-hydrogen) atoms. The highest BCUT2D eigenvalue weighted by Gasteiger charge is 2.35. The number of benzene rings is 2. The van der Waals surface area contributed by atoms with Crippen molar-refractivity contribution in [3.63, 3.8) is 0 Å². The molecule has 0 unspecified atom stereocenters. The second kappa shape index (κ2) is 6.52. The minimum absolute atomic E-state index is 0.0721. The molecule has 5 nitrogen and oxygen atoms in total. The zero-order chi connectivity index (χ0) is 16.2. The van der Waals surface area contributed by atoms with Crippen molar-refractivity contribution < 1.29 is 19.1 Å². The molecule has 0 aliphatic carbocycles.